The molecule has 0 saturated carbocycles. The summed E-state index contributed by atoms with van der Waals surface area (Å²) in [5.74, 6) is -1.45. The second-order valence-corrected chi connectivity index (χ2v) is 12.7. The molecule has 0 spiro atoms. The number of aliphatic hydroxyl groups is 12. The molecule has 4 aliphatic heterocycles. The molecule has 4 rings (SSSR count). The van der Waals surface area contributed by atoms with Crippen molar-refractivity contribution in [3.8, 4) is 0 Å². The lowest BCUT2D eigenvalue weighted by Crippen LogP contribution is -2.70. The van der Waals surface area contributed by atoms with Crippen molar-refractivity contribution in [3.05, 3.63) is 0 Å². The summed E-state index contributed by atoms with van der Waals surface area (Å²) in [7, 11) is 0. The highest BCUT2D eigenvalue weighted by Crippen LogP contribution is 2.33. The monoisotopic (exact) mass is 748 g/mol. The van der Waals surface area contributed by atoms with Crippen LogP contribution in [-0.4, -0.2) is 222 Å². The minimum atomic E-state index is -2.00. The first-order valence-corrected chi connectivity index (χ1v) is 16.1. The van der Waals surface area contributed by atoms with E-state index in [1.54, 1.807) is 0 Å². The number of carbonyl (C=O) groups excluding carboxylic acids is 2. The first-order chi connectivity index (χ1) is 24.0. The molecule has 4 heterocycles. The summed E-state index contributed by atoms with van der Waals surface area (Å²) in [6, 6.07) is -3.06. The van der Waals surface area contributed by atoms with E-state index in [0.717, 1.165) is 13.8 Å². The summed E-state index contributed by atoms with van der Waals surface area (Å²) in [4.78, 5) is 24.3. The lowest BCUT2D eigenvalue weighted by molar-refractivity contribution is -0.367. The molecule has 23 heteroatoms. The SMILES string of the molecule is CC(=O)N[C@H]1[C@H](OC[C@H]2O[C@@H](O[C@H]3[C@@H](O)[C@@H](CO)OC(O)[C@@H]3O)[C@H](NC(C)=O)[C@@H](O[C@@H]3O[C@H](CO)[C@H](O)[C@H](O)[C@H]3O)[C@H]2O)O[C@H](CO)[C@@H](O)[C@@H]1O. The molecule has 0 aromatic rings. The van der Waals surface area contributed by atoms with E-state index in [2.05, 4.69) is 10.6 Å². The minimum Gasteiger partial charge on any atom is -0.394 e. The largest absolute Gasteiger partial charge is 0.394 e. The van der Waals surface area contributed by atoms with Crippen LogP contribution in [0.15, 0.2) is 0 Å². The number of ether oxygens (including phenoxy) is 7. The minimum absolute atomic E-state index is 0.670. The van der Waals surface area contributed by atoms with Crippen molar-refractivity contribution in [2.45, 2.75) is 137 Å². The first-order valence-electron chi connectivity index (χ1n) is 16.1. The lowest BCUT2D eigenvalue weighted by Gasteiger charge is -2.49. The van der Waals surface area contributed by atoms with Crippen LogP contribution >= 0.6 is 0 Å². The third-order valence-electron chi connectivity index (χ3n) is 8.99. The summed E-state index contributed by atoms with van der Waals surface area (Å²) >= 11 is 0. The molecule has 0 aromatic carbocycles. The molecular weight excluding hydrogens is 700 g/mol. The molecule has 0 aliphatic carbocycles. The van der Waals surface area contributed by atoms with Gasteiger partial charge in [0.1, 0.15) is 97.5 Å². The van der Waals surface area contributed by atoms with Gasteiger partial charge in [0.25, 0.3) is 0 Å². The first kappa shape index (κ1) is 41.9. The van der Waals surface area contributed by atoms with E-state index in [4.69, 9.17) is 33.2 Å². The van der Waals surface area contributed by atoms with Gasteiger partial charge in [-0.05, 0) is 0 Å². The second-order valence-electron chi connectivity index (χ2n) is 12.7. The van der Waals surface area contributed by atoms with Crippen LogP contribution < -0.4 is 10.6 Å². The van der Waals surface area contributed by atoms with Crippen LogP contribution in [0.2, 0.25) is 0 Å². The Morgan fingerprint density at radius 1 is 0.510 bits per heavy atom. The van der Waals surface area contributed by atoms with Gasteiger partial charge >= 0.3 is 0 Å². The number of hydrogen-bond acceptors (Lipinski definition) is 21. The molecule has 23 nitrogen and oxygen atoms in total. The van der Waals surface area contributed by atoms with Gasteiger partial charge in [-0.25, -0.2) is 0 Å². The fraction of sp³-hybridized carbons (Fsp3) is 0.929. The Bertz CT molecular complexity index is 1140. The summed E-state index contributed by atoms with van der Waals surface area (Å²) in [6.07, 6.45) is -31.7. The summed E-state index contributed by atoms with van der Waals surface area (Å²) in [5, 5.41) is 129. The predicted octanol–water partition coefficient (Wildman–Crippen LogP) is -9.46. The Labute approximate surface area is 289 Å². The van der Waals surface area contributed by atoms with Crippen molar-refractivity contribution in [2.24, 2.45) is 0 Å². The topological polar surface area (TPSA) is 366 Å². The van der Waals surface area contributed by atoms with E-state index < -0.39 is 161 Å². The number of aliphatic hydroxyl groups excluding tert-OH is 12. The van der Waals surface area contributed by atoms with Crippen LogP contribution in [0.1, 0.15) is 13.8 Å². The van der Waals surface area contributed by atoms with Crippen LogP contribution in [0.5, 0.6) is 0 Å². The predicted molar refractivity (Wildman–Crippen MR) is 157 cm³/mol. The zero-order valence-electron chi connectivity index (χ0n) is 27.4. The van der Waals surface area contributed by atoms with E-state index in [1.807, 2.05) is 0 Å². The molecule has 1 unspecified atom stereocenters. The van der Waals surface area contributed by atoms with E-state index in [1.165, 1.54) is 0 Å². The molecule has 296 valence electrons. The van der Waals surface area contributed by atoms with Crippen molar-refractivity contribution in [3.63, 3.8) is 0 Å². The second kappa shape index (κ2) is 18.0. The van der Waals surface area contributed by atoms with Crippen molar-refractivity contribution in [2.75, 3.05) is 26.4 Å². The van der Waals surface area contributed by atoms with Gasteiger partial charge in [0.05, 0.1) is 26.4 Å². The molecule has 0 radical (unpaired) electrons. The van der Waals surface area contributed by atoms with Crippen molar-refractivity contribution in [1.29, 1.82) is 0 Å². The number of carbonyl (C=O) groups is 2. The lowest BCUT2D eigenvalue weighted by atomic mass is 9.94. The van der Waals surface area contributed by atoms with Gasteiger partial charge in [-0.15, -0.1) is 0 Å². The maximum absolute atomic E-state index is 12.4. The maximum Gasteiger partial charge on any atom is 0.217 e. The van der Waals surface area contributed by atoms with E-state index in [-0.39, 0.29) is 0 Å². The molecule has 2 amide bonds. The highest BCUT2D eigenvalue weighted by atomic mass is 16.7. The summed E-state index contributed by atoms with van der Waals surface area (Å²) < 4.78 is 39.3. The van der Waals surface area contributed by atoms with Crippen LogP contribution in [0, 0.1) is 0 Å². The number of rotatable bonds is 12. The van der Waals surface area contributed by atoms with E-state index in [9.17, 15) is 70.9 Å². The van der Waals surface area contributed by atoms with Gasteiger partial charge < -0.3 is 105 Å². The van der Waals surface area contributed by atoms with Crippen LogP contribution in [0.3, 0.4) is 0 Å². The smallest absolute Gasteiger partial charge is 0.217 e. The average Bonchev–Trinajstić information content (AvgIpc) is 3.08. The zero-order valence-corrected chi connectivity index (χ0v) is 27.4. The molecule has 0 aromatic heterocycles. The Hall–Kier alpha value is -1.82. The molecule has 20 atom stereocenters. The molecule has 4 fully saturated rings. The number of amides is 2. The number of hydrogen-bond donors (Lipinski definition) is 14. The third-order valence-corrected chi connectivity index (χ3v) is 8.99. The van der Waals surface area contributed by atoms with Crippen LogP contribution in [0.4, 0.5) is 0 Å². The highest BCUT2D eigenvalue weighted by molar-refractivity contribution is 5.73. The standard InChI is InChI=1S/C28H48N2O21/c1-7(34)29-13-19(40)15(36)9(3-31)47-26(13)45-6-12-18(39)23(50-28-21(42)20(41)16(37)10(4-32)48-28)14(30-8(2)35)27(49-12)51-24-17(38)11(5-33)46-25(44)22(24)43/h9-28,31-33,36-44H,3-6H2,1-2H3,(H,29,34)(H,30,35)/t9-,10-,11-,12-,13-,14-,15-,16+,17+,18+,19-,20+,21-,22-,23-,24+,25?,26-,27+,28+/m1/s1. The fourth-order valence-corrected chi connectivity index (χ4v) is 6.24. The molecule has 14 N–H and O–H groups in total. The van der Waals surface area contributed by atoms with E-state index >= 15 is 0 Å². The highest BCUT2D eigenvalue weighted by Gasteiger charge is 2.55. The average molecular weight is 749 g/mol. The van der Waals surface area contributed by atoms with Crippen molar-refractivity contribution >= 4 is 11.8 Å². The number of nitrogens with one attached hydrogen (secondary N) is 2. The zero-order chi connectivity index (χ0) is 37.9. The van der Waals surface area contributed by atoms with Gasteiger partial charge in [-0.1, -0.05) is 0 Å². The maximum atomic E-state index is 12.4. The summed E-state index contributed by atoms with van der Waals surface area (Å²) in [6.45, 7) is -1.07. The molecule has 4 saturated heterocycles. The molecule has 51 heavy (non-hydrogen) atoms. The van der Waals surface area contributed by atoms with Gasteiger partial charge in [-0.2, -0.15) is 0 Å². The van der Waals surface area contributed by atoms with Gasteiger partial charge in [0, 0.05) is 13.8 Å². The quantitative estimate of drug-likeness (QED) is 0.0881. The summed E-state index contributed by atoms with van der Waals surface area (Å²) in [5.41, 5.74) is 0. The van der Waals surface area contributed by atoms with Crippen LogP contribution in [0.25, 0.3) is 0 Å². The van der Waals surface area contributed by atoms with Crippen molar-refractivity contribution < 1.29 is 104 Å². The Balaban J connectivity index is 1.68. The molecular formula is C28H48N2O21. The Morgan fingerprint density at radius 2 is 0.980 bits per heavy atom. The molecule has 0 bridgehead atoms. The van der Waals surface area contributed by atoms with Gasteiger partial charge in [0.2, 0.25) is 11.8 Å². The molecule has 4 aliphatic rings. The Kier molecular flexibility index (Phi) is 14.8. The Morgan fingerprint density at radius 3 is 1.55 bits per heavy atom. The van der Waals surface area contributed by atoms with Gasteiger partial charge in [-0.3, -0.25) is 9.59 Å². The van der Waals surface area contributed by atoms with Gasteiger partial charge in [0.15, 0.2) is 25.2 Å². The van der Waals surface area contributed by atoms with Crippen LogP contribution in [-0.2, 0) is 42.7 Å². The van der Waals surface area contributed by atoms with E-state index in [0.29, 0.717) is 0 Å². The van der Waals surface area contributed by atoms with Crippen molar-refractivity contribution in [1.82, 2.24) is 10.6 Å². The third kappa shape index (κ3) is 9.29. The fourth-order valence-electron chi connectivity index (χ4n) is 6.24. The normalized spacial score (nSPS) is 47.8.